The fraction of sp³-hybridized carbons (Fsp3) is 0.167. The number of carboxylic acid groups (broad SMARTS) is 1. The highest BCUT2D eigenvalue weighted by molar-refractivity contribution is 5.92. The highest BCUT2D eigenvalue weighted by atomic mass is 16.4. The maximum absolute atomic E-state index is 11.0. The molecule has 0 saturated heterocycles. The zero-order valence-electron chi connectivity index (χ0n) is 12.9. The van der Waals surface area contributed by atoms with Gasteiger partial charge in [0.1, 0.15) is 0 Å². The van der Waals surface area contributed by atoms with Gasteiger partial charge < -0.3 is 10.4 Å². The molecule has 5 nitrogen and oxygen atoms in total. The van der Waals surface area contributed by atoms with E-state index >= 15 is 0 Å². The predicted octanol–water partition coefficient (Wildman–Crippen LogP) is 3.82. The van der Waals surface area contributed by atoms with Crippen LogP contribution in [0, 0.1) is 0 Å². The van der Waals surface area contributed by atoms with Gasteiger partial charge in [-0.2, -0.15) is 0 Å². The highest BCUT2D eigenvalue weighted by Crippen LogP contribution is 2.23. The number of carboxylic acids is 1. The van der Waals surface area contributed by atoms with Crippen LogP contribution < -0.4 is 5.32 Å². The Hall–Kier alpha value is -2.95. The smallest absolute Gasteiger partial charge is 0.335 e. The summed E-state index contributed by atoms with van der Waals surface area (Å²) < 4.78 is 0. The van der Waals surface area contributed by atoms with Crippen LogP contribution >= 0.6 is 0 Å². The average molecular weight is 307 g/mol. The van der Waals surface area contributed by atoms with Gasteiger partial charge in [-0.3, -0.25) is 4.98 Å². The van der Waals surface area contributed by atoms with E-state index < -0.39 is 5.97 Å². The first kappa shape index (κ1) is 15.0. The number of benzene rings is 2. The van der Waals surface area contributed by atoms with Crippen LogP contribution in [0.4, 0.5) is 5.69 Å². The lowest BCUT2D eigenvalue weighted by atomic mass is 10.1. The Bertz CT molecular complexity index is 875. The molecule has 2 aromatic carbocycles. The number of anilines is 1. The monoisotopic (exact) mass is 307 g/mol. The SMILES string of the molecule is CC(C)Nc1cccc(-c2cnc3cc(C(=O)O)ccc3n2)c1. The Kier molecular flexibility index (Phi) is 3.93. The minimum absolute atomic E-state index is 0.211. The van der Waals surface area contributed by atoms with Gasteiger partial charge in [0.2, 0.25) is 0 Å². The fourth-order valence-electron chi connectivity index (χ4n) is 2.38. The highest BCUT2D eigenvalue weighted by Gasteiger charge is 2.07. The maximum atomic E-state index is 11.0. The quantitative estimate of drug-likeness (QED) is 0.766. The van der Waals surface area contributed by atoms with E-state index in [1.165, 1.54) is 6.07 Å². The van der Waals surface area contributed by atoms with Crippen molar-refractivity contribution in [3.05, 3.63) is 54.2 Å². The lowest BCUT2D eigenvalue weighted by Gasteiger charge is -2.11. The topological polar surface area (TPSA) is 75.1 Å². The fourth-order valence-corrected chi connectivity index (χ4v) is 2.38. The van der Waals surface area contributed by atoms with Crippen LogP contribution in [-0.2, 0) is 0 Å². The molecule has 0 bridgehead atoms. The summed E-state index contributed by atoms with van der Waals surface area (Å²) in [4.78, 5) is 19.9. The molecular formula is C18H17N3O2. The van der Waals surface area contributed by atoms with Gasteiger partial charge in [-0.05, 0) is 44.2 Å². The number of aromatic nitrogens is 2. The van der Waals surface area contributed by atoms with Crippen LogP contribution in [0.25, 0.3) is 22.3 Å². The predicted molar refractivity (Wildman–Crippen MR) is 90.7 cm³/mol. The van der Waals surface area contributed by atoms with Crippen molar-refractivity contribution in [2.24, 2.45) is 0 Å². The molecule has 5 heteroatoms. The summed E-state index contributed by atoms with van der Waals surface area (Å²) >= 11 is 0. The van der Waals surface area contributed by atoms with E-state index in [-0.39, 0.29) is 5.56 Å². The van der Waals surface area contributed by atoms with Gasteiger partial charge in [-0.1, -0.05) is 12.1 Å². The van der Waals surface area contributed by atoms with E-state index in [0.29, 0.717) is 17.1 Å². The molecular weight excluding hydrogens is 290 g/mol. The summed E-state index contributed by atoms with van der Waals surface area (Å²) in [6.07, 6.45) is 1.67. The lowest BCUT2D eigenvalue weighted by molar-refractivity contribution is 0.0697. The van der Waals surface area contributed by atoms with E-state index in [2.05, 4.69) is 29.1 Å². The molecule has 0 saturated carbocycles. The van der Waals surface area contributed by atoms with E-state index in [1.54, 1.807) is 18.3 Å². The first-order valence-electron chi connectivity index (χ1n) is 7.40. The zero-order chi connectivity index (χ0) is 16.4. The Morgan fingerprint density at radius 3 is 2.70 bits per heavy atom. The second-order valence-electron chi connectivity index (χ2n) is 5.64. The van der Waals surface area contributed by atoms with Crippen molar-refractivity contribution in [1.82, 2.24) is 9.97 Å². The number of rotatable bonds is 4. The van der Waals surface area contributed by atoms with Crippen molar-refractivity contribution in [2.75, 3.05) is 5.32 Å². The molecule has 0 spiro atoms. The minimum atomic E-state index is -0.967. The molecule has 0 aliphatic heterocycles. The van der Waals surface area contributed by atoms with Crippen molar-refractivity contribution in [1.29, 1.82) is 0 Å². The molecule has 0 aliphatic rings. The Balaban J connectivity index is 2.00. The van der Waals surface area contributed by atoms with Gasteiger partial charge >= 0.3 is 5.97 Å². The van der Waals surface area contributed by atoms with Crippen LogP contribution in [0.1, 0.15) is 24.2 Å². The van der Waals surface area contributed by atoms with Gasteiger partial charge in [0.05, 0.1) is 28.5 Å². The summed E-state index contributed by atoms with van der Waals surface area (Å²) in [5.74, 6) is -0.967. The largest absolute Gasteiger partial charge is 0.478 e. The number of nitrogens with zero attached hydrogens (tertiary/aromatic N) is 2. The van der Waals surface area contributed by atoms with Crippen LogP contribution in [0.5, 0.6) is 0 Å². The zero-order valence-corrected chi connectivity index (χ0v) is 12.9. The summed E-state index contributed by atoms with van der Waals surface area (Å²) in [7, 11) is 0. The molecule has 1 heterocycles. The third-order valence-corrected chi connectivity index (χ3v) is 3.40. The van der Waals surface area contributed by atoms with Crippen molar-refractivity contribution >= 4 is 22.7 Å². The van der Waals surface area contributed by atoms with Crippen LogP contribution in [0.15, 0.2) is 48.7 Å². The van der Waals surface area contributed by atoms with Crippen molar-refractivity contribution in [3.63, 3.8) is 0 Å². The van der Waals surface area contributed by atoms with E-state index in [1.807, 2.05) is 24.3 Å². The summed E-state index contributed by atoms with van der Waals surface area (Å²) in [5.41, 5.74) is 4.21. The first-order chi connectivity index (χ1) is 11.0. The van der Waals surface area contributed by atoms with Crippen molar-refractivity contribution in [3.8, 4) is 11.3 Å². The van der Waals surface area contributed by atoms with E-state index in [4.69, 9.17) is 5.11 Å². The van der Waals surface area contributed by atoms with Gasteiger partial charge in [0.25, 0.3) is 0 Å². The Morgan fingerprint density at radius 2 is 1.96 bits per heavy atom. The second-order valence-corrected chi connectivity index (χ2v) is 5.64. The molecule has 0 radical (unpaired) electrons. The maximum Gasteiger partial charge on any atom is 0.335 e. The number of fused-ring (bicyclic) bond motifs is 1. The molecule has 1 aromatic heterocycles. The number of aromatic carboxylic acids is 1. The summed E-state index contributed by atoms with van der Waals surface area (Å²) in [6, 6.07) is 13.1. The molecule has 0 amide bonds. The van der Waals surface area contributed by atoms with Gasteiger partial charge in [-0.25, -0.2) is 9.78 Å². The molecule has 23 heavy (non-hydrogen) atoms. The van der Waals surface area contributed by atoms with Gasteiger partial charge in [0.15, 0.2) is 0 Å². The number of hydrogen-bond acceptors (Lipinski definition) is 4. The van der Waals surface area contributed by atoms with Crippen molar-refractivity contribution in [2.45, 2.75) is 19.9 Å². The number of hydrogen-bond donors (Lipinski definition) is 2. The third-order valence-electron chi connectivity index (χ3n) is 3.40. The molecule has 0 fully saturated rings. The number of nitrogens with one attached hydrogen (secondary N) is 1. The Labute approximate surface area is 134 Å². The standard InChI is InChI=1S/C18H17N3O2/c1-11(2)20-14-5-3-4-12(8-14)17-10-19-16-9-13(18(22)23)6-7-15(16)21-17/h3-11,20H,1-2H3,(H,22,23). The number of carbonyl (C=O) groups is 1. The van der Waals surface area contributed by atoms with Crippen LogP contribution in [0.2, 0.25) is 0 Å². The first-order valence-corrected chi connectivity index (χ1v) is 7.40. The van der Waals surface area contributed by atoms with E-state index in [9.17, 15) is 4.79 Å². The molecule has 2 N–H and O–H groups in total. The molecule has 0 aliphatic carbocycles. The molecule has 3 rings (SSSR count). The minimum Gasteiger partial charge on any atom is -0.478 e. The molecule has 3 aromatic rings. The second kappa shape index (κ2) is 6.04. The molecule has 116 valence electrons. The average Bonchev–Trinajstić information content (AvgIpc) is 2.53. The van der Waals surface area contributed by atoms with E-state index in [0.717, 1.165) is 16.9 Å². The van der Waals surface area contributed by atoms with Crippen molar-refractivity contribution < 1.29 is 9.90 Å². The lowest BCUT2D eigenvalue weighted by Crippen LogP contribution is -2.09. The normalized spacial score (nSPS) is 10.9. The summed E-state index contributed by atoms with van der Waals surface area (Å²) in [5, 5.41) is 12.4. The summed E-state index contributed by atoms with van der Waals surface area (Å²) in [6.45, 7) is 4.17. The van der Waals surface area contributed by atoms with Crippen LogP contribution in [0.3, 0.4) is 0 Å². The molecule has 0 atom stereocenters. The third kappa shape index (κ3) is 3.29. The Morgan fingerprint density at radius 1 is 1.13 bits per heavy atom. The molecule has 0 unspecified atom stereocenters. The van der Waals surface area contributed by atoms with Gasteiger partial charge in [-0.15, -0.1) is 0 Å². The van der Waals surface area contributed by atoms with Crippen LogP contribution in [-0.4, -0.2) is 27.1 Å². The van der Waals surface area contributed by atoms with Gasteiger partial charge in [0, 0.05) is 17.3 Å².